The Kier molecular flexibility index (Phi) is 4.29. The maximum Gasteiger partial charge on any atom is 0.340 e. The number of hydrogen-bond acceptors (Lipinski definition) is 3. The van der Waals surface area contributed by atoms with E-state index >= 15 is 0 Å². The smallest absolute Gasteiger partial charge is 0.340 e. The molecule has 0 atom stereocenters. The minimum atomic E-state index is -1.07. The Morgan fingerprint density at radius 1 is 1.25 bits per heavy atom. The predicted molar refractivity (Wildman–Crippen MR) is 76.4 cm³/mol. The van der Waals surface area contributed by atoms with Gasteiger partial charge in [0.05, 0.1) is 0 Å². The van der Waals surface area contributed by atoms with Crippen molar-refractivity contribution in [3.63, 3.8) is 0 Å². The fourth-order valence-corrected chi connectivity index (χ4v) is 2.39. The summed E-state index contributed by atoms with van der Waals surface area (Å²) in [5.74, 6) is -0.980. The van der Waals surface area contributed by atoms with Gasteiger partial charge in [-0.15, -0.1) is 11.8 Å². The van der Waals surface area contributed by atoms with Gasteiger partial charge in [0.25, 0.3) is 0 Å². The third-order valence-corrected chi connectivity index (χ3v) is 3.57. The van der Waals surface area contributed by atoms with E-state index in [0.717, 1.165) is 5.56 Å². The first kappa shape index (κ1) is 14.4. The first-order chi connectivity index (χ1) is 9.52. The first-order valence-electron chi connectivity index (χ1n) is 5.87. The highest BCUT2D eigenvalue weighted by atomic mass is 32.2. The Hall–Kier alpha value is -2.01. The van der Waals surface area contributed by atoms with Gasteiger partial charge < -0.3 is 9.84 Å². The van der Waals surface area contributed by atoms with E-state index in [1.54, 1.807) is 37.4 Å². The first-order valence-corrected chi connectivity index (χ1v) is 7.09. The van der Waals surface area contributed by atoms with Gasteiger partial charge in [0, 0.05) is 11.0 Å². The fourth-order valence-electron chi connectivity index (χ4n) is 1.78. The predicted octanol–water partition coefficient (Wildman–Crippen LogP) is 4.35. The second kappa shape index (κ2) is 5.96. The molecule has 0 aliphatic heterocycles. The third kappa shape index (κ3) is 2.93. The number of carboxylic acid groups (broad SMARTS) is 1. The van der Waals surface area contributed by atoms with Crippen molar-refractivity contribution in [2.24, 2.45) is 0 Å². The average molecular weight is 292 g/mol. The average Bonchev–Trinajstić information content (AvgIpc) is 2.42. The number of ether oxygens (including phenoxy) is 1. The van der Waals surface area contributed by atoms with Gasteiger partial charge in [0.1, 0.15) is 22.9 Å². The number of carboxylic acids is 1. The molecule has 0 aliphatic rings. The van der Waals surface area contributed by atoms with Crippen molar-refractivity contribution < 1.29 is 19.0 Å². The lowest BCUT2D eigenvalue weighted by atomic mass is 10.2. The SMILES string of the molecule is CSc1cccc(Oc2cc(F)ccc2C)c1C(=O)O. The summed E-state index contributed by atoms with van der Waals surface area (Å²) in [5.41, 5.74) is 0.820. The molecular formula is C15H13FO3S. The Bertz CT molecular complexity index is 656. The molecule has 0 bridgehead atoms. The van der Waals surface area contributed by atoms with Gasteiger partial charge in [-0.05, 0) is 36.9 Å². The second-order valence-corrected chi connectivity index (χ2v) is 5.00. The molecular weight excluding hydrogens is 279 g/mol. The Morgan fingerprint density at radius 3 is 2.65 bits per heavy atom. The molecule has 0 unspecified atom stereocenters. The molecule has 0 spiro atoms. The number of hydrogen-bond donors (Lipinski definition) is 1. The van der Waals surface area contributed by atoms with Crippen LogP contribution in [0, 0.1) is 12.7 Å². The summed E-state index contributed by atoms with van der Waals surface area (Å²) in [5, 5.41) is 9.31. The minimum Gasteiger partial charge on any atom is -0.478 e. The molecule has 2 aromatic rings. The third-order valence-electron chi connectivity index (χ3n) is 2.79. The lowest BCUT2D eigenvalue weighted by molar-refractivity contribution is 0.0690. The van der Waals surface area contributed by atoms with E-state index in [4.69, 9.17) is 4.74 Å². The van der Waals surface area contributed by atoms with E-state index in [9.17, 15) is 14.3 Å². The van der Waals surface area contributed by atoms with E-state index in [2.05, 4.69) is 0 Å². The van der Waals surface area contributed by atoms with E-state index in [-0.39, 0.29) is 11.3 Å². The highest BCUT2D eigenvalue weighted by Gasteiger charge is 2.17. The lowest BCUT2D eigenvalue weighted by Gasteiger charge is -2.13. The quantitative estimate of drug-likeness (QED) is 0.851. The largest absolute Gasteiger partial charge is 0.478 e. The van der Waals surface area contributed by atoms with Crippen LogP contribution in [0.4, 0.5) is 4.39 Å². The van der Waals surface area contributed by atoms with Crippen LogP contribution in [0.1, 0.15) is 15.9 Å². The van der Waals surface area contributed by atoms with E-state index in [0.29, 0.717) is 10.6 Å². The summed E-state index contributed by atoms with van der Waals surface area (Å²) < 4.78 is 18.8. The van der Waals surface area contributed by atoms with Crippen LogP contribution in [0.25, 0.3) is 0 Å². The summed E-state index contributed by atoms with van der Waals surface area (Å²) in [6.07, 6.45) is 1.79. The van der Waals surface area contributed by atoms with Crippen LogP contribution >= 0.6 is 11.8 Å². The maximum absolute atomic E-state index is 13.3. The van der Waals surface area contributed by atoms with Crippen molar-refractivity contribution in [1.29, 1.82) is 0 Å². The molecule has 0 fully saturated rings. The van der Waals surface area contributed by atoms with Crippen molar-refractivity contribution in [3.05, 3.63) is 53.3 Å². The highest BCUT2D eigenvalue weighted by molar-refractivity contribution is 7.98. The van der Waals surface area contributed by atoms with E-state index in [1.807, 2.05) is 0 Å². The van der Waals surface area contributed by atoms with Crippen molar-refractivity contribution in [2.75, 3.05) is 6.26 Å². The number of aromatic carboxylic acids is 1. The second-order valence-electron chi connectivity index (χ2n) is 4.15. The summed E-state index contributed by atoms with van der Waals surface area (Å²) in [7, 11) is 0. The normalized spacial score (nSPS) is 10.3. The zero-order valence-electron chi connectivity index (χ0n) is 11.0. The van der Waals surface area contributed by atoms with Crippen LogP contribution < -0.4 is 4.74 Å². The molecule has 0 saturated heterocycles. The summed E-state index contributed by atoms with van der Waals surface area (Å²) in [6.45, 7) is 1.77. The minimum absolute atomic E-state index is 0.0867. The lowest BCUT2D eigenvalue weighted by Crippen LogP contribution is -2.02. The highest BCUT2D eigenvalue weighted by Crippen LogP contribution is 2.33. The number of benzene rings is 2. The molecule has 104 valence electrons. The molecule has 0 heterocycles. The fraction of sp³-hybridized carbons (Fsp3) is 0.133. The van der Waals surface area contributed by atoms with Crippen molar-refractivity contribution in [2.45, 2.75) is 11.8 Å². The molecule has 5 heteroatoms. The molecule has 0 saturated carbocycles. The molecule has 20 heavy (non-hydrogen) atoms. The van der Waals surface area contributed by atoms with Crippen LogP contribution in [0.5, 0.6) is 11.5 Å². The van der Waals surface area contributed by atoms with Crippen LogP contribution in [0.3, 0.4) is 0 Å². The number of carbonyl (C=O) groups is 1. The molecule has 2 rings (SSSR count). The number of thioether (sulfide) groups is 1. The summed E-state index contributed by atoms with van der Waals surface area (Å²) >= 11 is 1.32. The molecule has 2 aromatic carbocycles. The van der Waals surface area contributed by atoms with E-state index in [1.165, 1.54) is 23.9 Å². The molecule has 3 nitrogen and oxygen atoms in total. The summed E-state index contributed by atoms with van der Waals surface area (Å²) in [6, 6.07) is 9.14. The van der Waals surface area contributed by atoms with Crippen LogP contribution in [-0.4, -0.2) is 17.3 Å². The van der Waals surface area contributed by atoms with Gasteiger partial charge in [0.2, 0.25) is 0 Å². The Balaban J connectivity index is 2.48. The monoisotopic (exact) mass is 292 g/mol. The van der Waals surface area contributed by atoms with Gasteiger partial charge >= 0.3 is 5.97 Å². The van der Waals surface area contributed by atoms with Crippen LogP contribution in [-0.2, 0) is 0 Å². The van der Waals surface area contributed by atoms with Crippen molar-refractivity contribution >= 4 is 17.7 Å². The number of halogens is 1. The molecule has 0 aliphatic carbocycles. The molecule has 0 amide bonds. The van der Waals surface area contributed by atoms with E-state index < -0.39 is 11.8 Å². The van der Waals surface area contributed by atoms with Gasteiger partial charge in [0.15, 0.2) is 0 Å². The number of rotatable bonds is 4. The molecule has 1 N–H and O–H groups in total. The Morgan fingerprint density at radius 2 is 2.00 bits per heavy atom. The van der Waals surface area contributed by atoms with Gasteiger partial charge in [-0.25, -0.2) is 9.18 Å². The topological polar surface area (TPSA) is 46.5 Å². The summed E-state index contributed by atoms with van der Waals surface area (Å²) in [4.78, 5) is 12.0. The molecule has 0 radical (unpaired) electrons. The zero-order chi connectivity index (χ0) is 14.7. The molecule has 0 aromatic heterocycles. The Labute approximate surface area is 120 Å². The van der Waals surface area contributed by atoms with Gasteiger partial charge in [-0.3, -0.25) is 0 Å². The van der Waals surface area contributed by atoms with Crippen LogP contribution in [0.2, 0.25) is 0 Å². The van der Waals surface area contributed by atoms with Crippen molar-refractivity contribution in [3.8, 4) is 11.5 Å². The van der Waals surface area contributed by atoms with Gasteiger partial charge in [-0.2, -0.15) is 0 Å². The number of aryl methyl sites for hydroxylation is 1. The van der Waals surface area contributed by atoms with Crippen molar-refractivity contribution in [1.82, 2.24) is 0 Å². The van der Waals surface area contributed by atoms with Crippen LogP contribution in [0.15, 0.2) is 41.3 Å². The zero-order valence-corrected chi connectivity index (χ0v) is 11.8. The standard InChI is InChI=1S/C15H13FO3S/c1-9-6-7-10(16)8-12(9)19-11-4-3-5-13(20-2)14(11)15(17)18/h3-8H,1-2H3,(H,17,18). The van der Waals surface area contributed by atoms with Gasteiger partial charge in [-0.1, -0.05) is 12.1 Å². The maximum atomic E-state index is 13.3.